The van der Waals surface area contributed by atoms with Crippen LogP contribution in [0.1, 0.15) is 30.5 Å². The van der Waals surface area contributed by atoms with Crippen LogP contribution in [0.4, 0.5) is 42.1 Å². The maximum atomic E-state index is 12.2. The quantitative estimate of drug-likeness (QED) is 0.140. The Morgan fingerprint density at radius 1 is 0.878 bits per heavy atom. The molecule has 2 N–H and O–H groups in total. The number of ether oxygens (including phenoxy) is 3. The molecule has 2 heterocycles. The fourth-order valence-corrected chi connectivity index (χ4v) is 4.68. The van der Waals surface area contributed by atoms with Crippen LogP contribution in [0.15, 0.2) is 65.7 Å². The molecule has 0 aliphatic carbocycles. The minimum Gasteiger partial charge on any atom is -0.493 e. The predicted octanol–water partition coefficient (Wildman–Crippen LogP) is 6.29. The van der Waals surface area contributed by atoms with Crippen molar-refractivity contribution >= 4 is 34.7 Å². The average molecular weight is 685 g/mol. The van der Waals surface area contributed by atoms with Crippen LogP contribution in [-0.2, 0) is 6.42 Å². The van der Waals surface area contributed by atoms with E-state index in [1.54, 1.807) is 26.4 Å². The molecule has 0 amide bonds. The van der Waals surface area contributed by atoms with Crippen molar-refractivity contribution < 1.29 is 37.2 Å². The van der Waals surface area contributed by atoms with Gasteiger partial charge in [0.1, 0.15) is 0 Å². The number of methoxy groups -OCH3 is 2. The second kappa shape index (κ2) is 14.8. The maximum Gasteiger partial charge on any atom is 0.422 e. The van der Waals surface area contributed by atoms with E-state index in [9.17, 15) is 33.4 Å². The van der Waals surface area contributed by atoms with E-state index in [4.69, 9.17) is 14.5 Å². The number of hydrogen-bond donors (Lipinski definition) is 2. The molecule has 49 heavy (non-hydrogen) atoms. The highest BCUT2D eigenvalue weighted by Crippen LogP contribution is 2.37. The van der Waals surface area contributed by atoms with Crippen molar-refractivity contribution in [1.29, 1.82) is 0 Å². The summed E-state index contributed by atoms with van der Waals surface area (Å²) >= 11 is 0. The van der Waals surface area contributed by atoms with Gasteiger partial charge >= 0.3 is 12.2 Å². The van der Waals surface area contributed by atoms with Gasteiger partial charge in [0, 0.05) is 48.1 Å². The van der Waals surface area contributed by atoms with Crippen LogP contribution in [0, 0.1) is 20.2 Å². The van der Waals surface area contributed by atoms with Gasteiger partial charge in [-0.05, 0) is 56.2 Å². The van der Waals surface area contributed by atoms with Gasteiger partial charge in [-0.2, -0.15) is 28.1 Å². The van der Waals surface area contributed by atoms with Gasteiger partial charge in [0.05, 0.1) is 35.3 Å². The molecule has 0 radical (unpaired) electrons. The van der Waals surface area contributed by atoms with E-state index in [0.717, 1.165) is 28.8 Å². The molecule has 0 unspecified atom stereocenters. The van der Waals surface area contributed by atoms with Crippen molar-refractivity contribution in [3.8, 4) is 17.5 Å². The van der Waals surface area contributed by atoms with Crippen molar-refractivity contribution in [2.24, 2.45) is 4.99 Å². The van der Waals surface area contributed by atoms with Crippen LogP contribution in [0.5, 0.6) is 17.5 Å². The largest absolute Gasteiger partial charge is 0.493 e. The van der Waals surface area contributed by atoms with Crippen LogP contribution in [-0.4, -0.2) is 70.1 Å². The highest BCUT2D eigenvalue weighted by Gasteiger charge is 2.30. The summed E-state index contributed by atoms with van der Waals surface area (Å²) in [5.74, 6) is 1.15. The molecule has 258 valence electrons. The van der Waals surface area contributed by atoms with Crippen LogP contribution in [0.2, 0.25) is 0 Å². The SMILES string of the molecule is CNc1nc(Nc2cccc([N+](=O)[O-])c2)nc(OCC(F)(F)F)n1.COc1cc2c(cc1OC)C(c1ccc([N+](=O)[O-])cc1)=NC(C)(C)C2. The Hall–Kier alpha value is -6.07. The number of benzene rings is 3. The lowest BCUT2D eigenvalue weighted by Crippen LogP contribution is -2.29. The molecule has 0 saturated heterocycles. The molecule has 0 saturated carbocycles. The van der Waals surface area contributed by atoms with Gasteiger partial charge in [-0.1, -0.05) is 6.07 Å². The fraction of sp³-hybridized carbons (Fsp3) is 0.290. The Morgan fingerprint density at radius 3 is 2.10 bits per heavy atom. The highest BCUT2D eigenvalue weighted by molar-refractivity contribution is 6.15. The molecule has 15 nitrogen and oxygen atoms in total. The van der Waals surface area contributed by atoms with Crippen molar-refractivity contribution in [1.82, 2.24) is 15.0 Å². The van der Waals surface area contributed by atoms with Crippen molar-refractivity contribution in [2.45, 2.75) is 32.0 Å². The third-order valence-corrected chi connectivity index (χ3v) is 6.77. The summed E-state index contributed by atoms with van der Waals surface area (Å²) < 4.78 is 51.9. The molecule has 1 aliphatic rings. The van der Waals surface area contributed by atoms with Gasteiger partial charge in [0.2, 0.25) is 11.9 Å². The minimum atomic E-state index is -4.54. The molecule has 0 atom stereocenters. The van der Waals surface area contributed by atoms with Crippen LogP contribution >= 0.6 is 0 Å². The summed E-state index contributed by atoms with van der Waals surface area (Å²) in [6.07, 6.45) is -3.76. The number of anilines is 3. The number of nitrogens with zero attached hydrogens (tertiary/aromatic N) is 6. The number of nitrogens with one attached hydrogen (secondary N) is 2. The lowest BCUT2D eigenvalue weighted by Gasteiger charge is -2.30. The number of rotatable bonds is 10. The zero-order valence-corrected chi connectivity index (χ0v) is 26.9. The summed E-state index contributed by atoms with van der Waals surface area (Å²) in [6, 6.07) is 15.3. The van der Waals surface area contributed by atoms with Crippen LogP contribution in [0.3, 0.4) is 0 Å². The topological polar surface area (TPSA) is 189 Å². The molecule has 0 bridgehead atoms. The number of halogens is 3. The summed E-state index contributed by atoms with van der Waals surface area (Å²) in [4.78, 5) is 36.7. The first-order valence-corrected chi connectivity index (χ1v) is 14.4. The maximum absolute atomic E-state index is 12.2. The summed E-state index contributed by atoms with van der Waals surface area (Å²) in [5, 5.41) is 26.8. The number of fused-ring (bicyclic) bond motifs is 1. The second-order valence-electron chi connectivity index (χ2n) is 11.0. The molecule has 5 rings (SSSR count). The van der Waals surface area contributed by atoms with Crippen molar-refractivity contribution in [2.75, 3.05) is 38.5 Å². The number of hydrogen-bond acceptors (Lipinski definition) is 13. The first-order chi connectivity index (χ1) is 23.1. The van der Waals surface area contributed by atoms with Gasteiger partial charge in [-0.15, -0.1) is 0 Å². The van der Waals surface area contributed by atoms with E-state index in [2.05, 4.69) is 44.2 Å². The van der Waals surface area contributed by atoms with E-state index in [-0.39, 0.29) is 34.5 Å². The third-order valence-electron chi connectivity index (χ3n) is 6.77. The van der Waals surface area contributed by atoms with Crippen molar-refractivity contribution in [3.05, 3.63) is 97.6 Å². The zero-order valence-electron chi connectivity index (χ0n) is 26.9. The number of aliphatic imine (C=N–C) groups is 1. The molecule has 18 heteroatoms. The molecule has 1 aliphatic heterocycles. The Balaban J connectivity index is 0.000000221. The third kappa shape index (κ3) is 9.49. The summed E-state index contributed by atoms with van der Waals surface area (Å²) in [5.41, 5.74) is 3.62. The summed E-state index contributed by atoms with van der Waals surface area (Å²) in [7, 11) is 4.67. The number of aromatic nitrogens is 3. The van der Waals surface area contributed by atoms with Gasteiger partial charge in [-0.3, -0.25) is 25.2 Å². The standard InChI is InChI=1S/C19H20N2O4.C12H11F3N6O3/c1-19(2)11-13-9-16(24-3)17(25-4)10-15(13)18(20-19)12-5-7-14(8-6-12)21(22)23;1-16-9-18-10(20-11(19-9)24-6-12(13,14)15)17-7-3-2-4-8(5-7)21(22)23/h5-10H,11H2,1-4H3;2-5H,6H2,1H3,(H2,16,17,18,19,20). The Bertz CT molecular complexity index is 1870. The average Bonchev–Trinajstić information content (AvgIpc) is 3.06. The predicted molar refractivity (Wildman–Crippen MR) is 173 cm³/mol. The zero-order chi connectivity index (χ0) is 35.9. The second-order valence-corrected chi connectivity index (χ2v) is 11.0. The van der Waals surface area contributed by atoms with Gasteiger partial charge < -0.3 is 24.8 Å². The number of nitro groups is 2. The van der Waals surface area contributed by atoms with Crippen LogP contribution in [0.25, 0.3) is 0 Å². The Labute approximate surface area is 277 Å². The number of nitro benzene ring substituents is 2. The Kier molecular flexibility index (Phi) is 10.8. The fourth-order valence-electron chi connectivity index (χ4n) is 4.68. The van der Waals surface area contributed by atoms with E-state index in [1.807, 2.05) is 12.1 Å². The first-order valence-electron chi connectivity index (χ1n) is 14.4. The molecule has 0 spiro atoms. The Morgan fingerprint density at radius 2 is 1.51 bits per heavy atom. The van der Waals surface area contributed by atoms with E-state index < -0.39 is 28.6 Å². The molecule has 3 aromatic carbocycles. The number of non-ortho nitro benzene ring substituents is 2. The molecular weight excluding hydrogens is 653 g/mol. The first kappa shape index (κ1) is 35.8. The lowest BCUT2D eigenvalue weighted by atomic mass is 9.84. The van der Waals surface area contributed by atoms with Gasteiger partial charge in [-0.25, -0.2) is 0 Å². The monoisotopic (exact) mass is 684 g/mol. The molecular formula is C31H31F3N8O7. The van der Waals surface area contributed by atoms with Gasteiger partial charge in [0.25, 0.3) is 11.4 Å². The van der Waals surface area contributed by atoms with Crippen molar-refractivity contribution in [3.63, 3.8) is 0 Å². The molecule has 1 aromatic heterocycles. The smallest absolute Gasteiger partial charge is 0.422 e. The number of alkyl halides is 3. The highest BCUT2D eigenvalue weighted by atomic mass is 19.4. The molecule has 4 aromatic rings. The molecule has 0 fully saturated rings. The van der Waals surface area contributed by atoms with E-state index >= 15 is 0 Å². The van der Waals surface area contributed by atoms with E-state index in [0.29, 0.717) is 11.5 Å². The normalized spacial score (nSPS) is 13.1. The van der Waals surface area contributed by atoms with E-state index in [1.165, 1.54) is 43.4 Å². The van der Waals surface area contributed by atoms with Gasteiger partial charge in [0.15, 0.2) is 18.1 Å². The lowest BCUT2D eigenvalue weighted by molar-refractivity contribution is -0.385. The summed E-state index contributed by atoms with van der Waals surface area (Å²) in [6.45, 7) is 2.58. The van der Waals surface area contributed by atoms with Crippen LogP contribution < -0.4 is 24.8 Å². The minimum absolute atomic E-state index is 0.0323.